The highest BCUT2D eigenvalue weighted by atomic mass is 32.1. The second kappa shape index (κ2) is 6.56. The number of carbonyl (C=O) groups is 2. The minimum Gasteiger partial charge on any atom is -0.481 e. The first-order valence-electron chi connectivity index (χ1n) is 6.44. The topological polar surface area (TPSA) is 78.4 Å². The highest BCUT2D eigenvalue weighted by Crippen LogP contribution is 2.24. The van der Waals surface area contributed by atoms with Crippen molar-refractivity contribution in [1.82, 2.24) is 10.6 Å². The molecule has 2 atom stereocenters. The number of rotatable bonds is 4. The first kappa shape index (κ1) is 13.9. The molecule has 19 heavy (non-hydrogen) atoms. The number of aliphatic carboxylic acids is 1. The van der Waals surface area contributed by atoms with E-state index in [1.165, 1.54) is 0 Å². The van der Waals surface area contributed by atoms with Crippen LogP contribution in [0.3, 0.4) is 0 Å². The third-order valence-corrected chi connectivity index (χ3v) is 4.24. The summed E-state index contributed by atoms with van der Waals surface area (Å²) in [5, 5.41) is 16.6. The number of urea groups is 1. The van der Waals surface area contributed by atoms with Crippen LogP contribution >= 0.6 is 11.3 Å². The molecule has 1 saturated carbocycles. The number of carboxylic acid groups (broad SMARTS) is 1. The van der Waals surface area contributed by atoms with Crippen molar-refractivity contribution in [1.29, 1.82) is 0 Å². The first-order chi connectivity index (χ1) is 9.15. The third kappa shape index (κ3) is 4.24. The fourth-order valence-electron chi connectivity index (χ4n) is 2.36. The van der Waals surface area contributed by atoms with Crippen molar-refractivity contribution in [3.63, 3.8) is 0 Å². The van der Waals surface area contributed by atoms with Crippen molar-refractivity contribution in [3.05, 3.63) is 22.4 Å². The summed E-state index contributed by atoms with van der Waals surface area (Å²) in [7, 11) is 0. The van der Waals surface area contributed by atoms with Gasteiger partial charge in [0.1, 0.15) is 0 Å². The molecule has 1 aromatic heterocycles. The predicted molar refractivity (Wildman–Crippen MR) is 73.1 cm³/mol. The summed E-state index contributed by atoms with van der Waals surface area (Å²) in [6.45, 7) is 0.512. The second-order valence-electron chi connectivity index (χ2n) is 4.81. The lowest BCUT2D eigenvalue weighted by Gasteiger charge is -2.27. The Labute approximate surface area is 116 Å². The Hall–Kier alpha value is -1.56. The van der Waals surface area contributed by atoms with E-state index in [-0.39, 0.29) is 18.0 Å². The van der Waals surface area contributed by atoms with E-state index in [1.54, 1.807) is 11.3 Å². The molecular formula is C13H18N2O3S. The Kier molecular flexibility index (Phi) is 4.79. The van der Waals surface area contributed by atoms with E-state index < -0.39 is 5.97 Å². The maximum absolute atomic E-state index is 11.7. The second-order valence-corrected chi connectivity index (χ2v) is 5.84. The number of thiophene rings is 1. The normalized spacial score (nSPS) is 22.7. The van der Waals surface area contributed by atoms with Gasteiger partial charge in [0, 0.05) is 10.9 Å². The Morgan fingerprint density at radius 1 is 1.42 bits per heavy atom. The van der Waals surface area contributed by atoms with Crippen molar-refractivity contribution in [3.8, 4) is 0 Å². The molecule has 2 rings (SSSR count). The molecule has 3 N–H and O–H groups in total. The first-order valence-corrected chi connectivity index (χ1v) is 7.32. The molecule has 6 heteroatoms. The number of amides is 2. The number of nitrogens with one attached hydrogen (secondary N) is 2. The number of carboxylic acids is 1. The molecule has 0 aliphatic heterocycles. The summed E-state index contributed by atoms with van der Waals surface area (Å²) in [6.07, 6.45) is 2.95. The molecule has 1 aromatic rings. The average molecular weight is 282 g/mol. The van der Waals surface area contributed by atoms with Crippen LogP contribution in [-0.2, 0) is 11.3 Å². The van der Waals surface area contributed by atoms with Crippen molar-refractivity contribution < 1.29 is 14.7 Å². The van der Waals surface area contributed by atoms with Gasteiger partial charge in [-0.15, -0.1) is 11.3 Å². The van der Waals surface area contributed by atoms with E-state index in [2.05, 4.69) is 10.6 Å². The number of hydrogen-bond donors (Lipinski definition) is 3. The van der Waals surface area contributed by atoms with Crippen molar-refractivity contribution in [2.75, 3.05) is 0 Å². The molecule has 0 radical (unpaired) electrons. The molecule has 2 unspecified atom stereocenters. The summed E-state index contributed by atoms with van der Waals surface area (Å²) in [5.41, 5.74) is 0. The number of hydrogen-bond acceptors (Lipinski definition) is 3. The van der Waals surface area contributed by atoms with Crippen LogP contribution in [0, 0.1) is 5.92 Å². The molecule has 5 nitrogen and oxygen atoms in total. The highest BCUT2D eigenvalue weighted by Gasteiger charge is 2.27. The van der Waals surface area contributed by atoms with E-state index in [9.17, 15) is 9.59 Å². The lowest BCUT2D eigenvalue weighted by molar-refractivity contribution is -0.143. The van der Waals surface area contributed by atoms with Gasteiger partial charge in [0.2, 0.25) is 0 Å². The van der Waals surface area contributed by atoms with E-state index >= 15 is 0 Å². The van der Waals surface area contributed by atoms with Gasteiger partial charge in [-0.2, -0.15) is 0 Å². The smallest absolute Gasteiger partial charge is 0.315 e. The molecular weight excluding hydrogens is 264 g/mol. The molecule has 0 bridgehead atoms. The Morgan fingerprint density at radius 2 is 2.26 bits per heavy atom. The van der Waals surface area contributed by atoms with Crippen molar-refractivity contribution in [2.45, 2.75) is 38.3 Å². The van der Waals surface area contributed by atoms with Crippen LogP contribution in [0.15, 0.2) is 17.5 Å². The van der Waals surface area contributed by atoms with E-state index in [0.29, 0.717) is 19.4 Å². The minimum atomic E-state index is -0.759. The van der Waals surface area contributed by atoms with Gasteiger partial charge >= 0.3 is 12.0 Å². The van der Waals surface area contributed by atoms with Crippen LogP contribution < -0.4 is 10.6 Å². The molecule has 0 spiro atoms. The zero-order valence-electron chi connectivity index (χ0n) is 10.6. The van der Waals surface area contributed by atoms with Crippen LogP contribution in [0.1, 0.15) is 30.6 Å². The zero-order chi connectivity index (χ0) is 13.7. The predicted octanol–water partition coefficient (Wildman–Crippen LogP) is 2.19. The fraction of sp³-hybridized carbons (Fsp3) is 0.538. The minimum absolute atomic E-state index is 0.0295. The van der Waals surface area contributed by atoms with Gasteiger partial charge in [-0.05, 0) is 30.7 Å². The lowest BCUT2D eigenvalue weighted by atomic mass is 9.86. The maximum Gasteiger partial charge on any atom is 0.315 e. The summed E-state index contributed by atoms with van der Waals surface area (Å²) < 4.78 is 0. The molecule has 1 heterocycles. The molecule has 0 saturated heterocycles. The van der Waals surface area contributed by atoms with Crippen LogP contribution in [0.5, 0.6) is 0 Å². The van der Waals surface area contributed by atoms with Crippen molar-refractivity contribution >= 4 is 23.3 Å². The van der Waals surface area contributed by atoms with Crippen LogP contribution in [0.2, 0.25) is 0 Å². The van der Waals surface area contributed by atoms with Gasteiger partial charge in [-0.25, -0.2) is 4.79 Å². The Balaban J connectivity index is 1.74. The summed E-state index contributed by atoms with van der Waals surface area (Å²) in [6, 6.07) is 3.66. The average Bonchev–Trinajstić information content (AvgIpc) is 2.90. The molecule has 104 valence electrons. The van der Waals surface area contributed by atoms with Crippen LogP contribution in [0.4, 0.5) is 4.79 Å². The van der Waals surface area contributed by atoms with Crippen LogP contribution in [0.25, 0.3) is 0 Å². The maximum atomic E-state index is 11.7. The molecule has 1 fully saturated rings. The van der Waals surface area contributed by atoms with Gasteiger partial charge in [-0.1, -0.05) is 12.5 Å². The summed E-state index contributed by atoms with van der Waals surface area (Å²) >= 11 is 1.60. The lowest BCUT2D eigenvalue weighted by Crippen LogP contribution is -2.44. The standard InChI is InChI=1S/C13H18N2O3S/c16-12(17)9-3-1-4-10(7-9)15-13(18)14-8-11-5-2-6-19-11/h2,5-6,9-10H,1,3-4,7-8H2,(H,16,17)(H2,14,15,18). The van der Waals surface area contributed by atoms with Gasteiger partial charge in [0.05, 0.1) is 12.5 Å². The zero-order valence-corrected chi connectivity index (χ0v) is 11.4. The van der Waals surface area contributed by atoms with Gasteiger partial charge in [-0.3, -0.25) is 4.79 Å². The SMILES string of the molecule is O=C(NCc1cccs1)NC1CCCC(C(=O)O)C1. The van der Waals surface area contributed by atoms with Crippen molar-refractivity contribution in [2.24, 2.45) is 5.92 Å². The quantitative estimate of drug-likeness (QED) is 0.792. The van der Waals surface area contributed by atoms with E-state index in [4.69, 9.17) is 5.11 Å². The van der Waals surface area contributed by atoms with Gasteiger partial charge in [0.25, 0.3) is 0 Å². The van der Waals surface area contributed by atoms with Gasteiger partial charge in [0.15, 0.2) is 0 Å². The van der Waals surface area contributed by atoms with E-state index in [1.807, 2.05) is 17.5 Å². The fourth-order valence-corrected chi connectivity index (χ4v) is 3.01. The molecule has 2 amide bonds. The Morgan fingerprint density at radius 3 is 2.95 bits per heavy atom. The third-order valence-electron chi connectivity index (χ3n) is 3.36. The summed E-state index contributed by atoms with van der Waals surface area (Å²) in [5.74, 6) is -1.08. The van der Waals surface area contributed by atoms with E-state index in [0.717, 1.165) is 17.7 Å². The van der Waals surface area contributed by atoms with Crippen LogP contribution in [-0.4, -0.2) is 23.1 Å². The monoisotopic (exact) mass is 282 g/mol. The molecule has 1 aliphatic rings. The largest absolute Gasteiger partial charge is 0.481 e. The molecule has 1 aliphatic carbocycles. The highest BCUT2D eigenvalue weighted by molar-refractivity contribution is 7.09. The number of carbonyl (C=O) groups excluding carboxylic acids is 1. The summed E-state index contributed by atoms with van der Waals surface area (Å²) in [4.78, 5) is 23.8. The van der Waals surface area contributed by atoms with Gasteiger partial charge < -0.3 is 15.7 Å². The Bertz CT molecular complexity index is 433. The molecule has 0 aromatic carbocycles.